The van der Waals surface area contributed by atoms with Crippen LogP contribution in [0.25, 0.3) is 0 Å². The lowest BCUT2D eigenvalue weighted by atomic mass is 9.73. The van der Waals surface area contributed by atoms with E-state index in [0.29, 0.717) is 32.1 Å². The van der Waals surface area contributed by atoms with E-state index in [4.69, 9.17) is 14.2 Å². The summed E-state index contributed by atoms with van der Waals surface area (Å²) in [6, 6.07) is 0. The molecule has 0 radical (unpaired) electrons. The molecule has 5 N–H and O–H groups in total. The van der Waals surface area contributed by atoms with Gasteiger partial charge in [-0.1, -0.05) is 55.4 Å². The van der Waals surface area contributed by atoms with Crippen LogP contribution in [-0.4, -0.2) is 84.5 Å². The number of rotatable bonds is 12. The second-order valence-corrected chi connectivity index (χ2v) is 14.7. The first-order chi connectivity index (χ1) is 19.7. The van der Waals surface area contributed by atoms with Crippen LogP contribution in [0.3, 0.4) is 0 Å². The van der Waals surface area contributed by atoms with Crippen molar-refractivity contribution in [3.8, 4) is 0 Å². The molecule has 3 saturated heterocycles. The van der Waals surface area contributed by atoms with Crippen molar-refractivity contribution in [2.45, 2.75) is 155 Å². The van der Waals surface area contributed by atoms with E-state index in [-0.39, 0.29) is 23.5 Å². The Kier molecular flexibility index (Phi) is 10.9. The molecule has 0 aromatic carbocycles. The summed E-state index contributed by atoms with van der Waals surface area (Å²) in [4.78, 5) is 25.5. The zero-order valence-corrected chi connectivity index (χ0v) is 27.9. The van der Waals surface area contributed by atoms with E-state index in [1.54, 1.807) is 27.7 Å². The largest absolute Gasteiger partial charge is 0.481 e. The lowest BCUT2D eigenvalue weighted by molar-refractivity contribution is -0.331. The van der Waals surface area contributed by atoms with Gasteiger partial charge in [0.2, 0.25) is 0 Å². The highest BCUT2D eigenvalue weighted by atomic mass is 16.7. The predicted octanol–water partition coefficient (Wildman–Crippen LogP) is 3.90. The number of hydrogen-bond acceptors (Lipinski definition) is 9. The molecule has 3 aliphatic rings. The van der Waals surface area contributed by atoms with Crippen molar-refractivity contribution in [3.05, 3.63) is 0 Å². The summed E-state index contributed by atoms with van der Waals surface area (Å²) in [7, 11) is 0. The van der Waals surface area contributed by atoms with Gasteiger partial charge in [-0.3, -0.25) is 9.59 Å². The Bertz CT molecular complexity index is 1000. The molecular weight excluding hydrogens is 556 g/mol. The van der Waals surface area contributed by atoms with Gasteiger partial charge in [0, 0.05) is 29.6 Å². The van der Waals surface area contributed by atoms with Gasteiger partial charge in [0.15, 0.2) is 11.6 Å². The van der Waals surface area contributed by atoms with Crippen LogP contribution in [0, 0.1) is 41.4 Å². The third-order valence-corrected chi connectivity index (χ3v) is 11.5. The average Bonchev–Trinajstić information content (AvgIpc) is 3.39. The van der Waals surface area contributed by atoms with E-state index >= 15 is 0 Å². The number of aliphatic hydroxyl groups is 4. The fraction of sp³-hybridized carbons (Fsp3) is 0.939. The van der Waals surface area contributed by atoms with E-state index in [0.717, 1.165) is 0 Å². The summed E-state index contributed by atoms with van der Waals surface area (Å²) in [6.45, 7) is 18.4. The highest BCUT2D eigenvalue weighted by Gasteiger charge is 2.66. The van der Waals surface area contributed by atoms with Crippen LogP contribution < -0.4 is 0 Å². The van der Waals surface area contributed by atoms with E-state index in [2.05, 4.69) is 0 Å². The van der Waals surface area contributed by atoms with Gasteiger partial charge >= 0.3 is 5.97 Å². The van der Waals surface area contributed by atoms with Gasteiger partial charge in [-0.05, 0) is 57.8 Å². The van der Waals surface area contributed by atoms with Gasteiger partial charge < -0.3 is 39.7 Å². The van der Waals surface area contributed by atoms with Gasteiger partial charge in [0.25, 0.3) is 0 Å². The van der Waals surface area contributed by atoms with Gasteiger partial charge in [0.1, 0.15) is 11.4 Å². The molecule has 0 aromatic heterocycles. The molecule has 0 amide bonds. The minimum absolute atomic E-state index is 0.0667. The molecule has 0 aliphatic carbocycles. The number of ether oxygens (including phenoxy) is 3. The van der Waals surface area contributed by atoms with E-state index in [9.17, 15) is 35.1 Å². The fourth-order valence-electron chi connectivity index (χ4n) is 8.56. The lowest BCUT2D eigenvalue weighted by Crippen LogP contribution is -2.57. The summed E-state index contributed by atoms with van der Waals surface area (Å²) in [5.41, 5.74) is -1.99. The summed E-state index contributed by atoms with van der Waals surface area (Å²) in [5, 5.41) is 54.3. The SMILES string of the molecule is CC[C@@H](C(=O)[C@@H](C)[C@@H](O)[C@H](C)[C@H]1O[C@@](O)(CC(=O)O)[C@H](C)C[C@@H]1C)[C@H]1O[C@](C)([C@]2(O)O[C@@](CC)([C@@H](C)O)C[C@H]2C)C[C@@H]1C. The Morgan fingerprint density at radius 3 is 2.00 bits per heavy atom. The van der Waals surface area contributed by atoms with Crippen LogP contribution in [-0.2, 0) is 23.8 Å². The van der Waals surface area contributed by atoms with Crippen molar-refractivity contribution in [2.75, 3.05) is 0 Å². The minimum Gasteiger partial charge on any atom is -0.481 e. The smallest absolute Gasteiger partial charge is 0.308 e. The molecule has 10 heteroatoms. The van der Waals surface area contributed by atoms with E-state index < -0.39 is 83.3 Å². The highest BCUT2D eigenvalue weighted by Crippen LogP contribution is 2.56. The van der Waals surface area contributed by atoms with Gasteiger partial charge in [-0.2, -0.15) is 0 Å². The van der Waals surface area contributed by atoms with Crippen LogP contribution >= 0.6 is 0 Å². The maximum absolute atomic E-state index is 14.0. The zero-order chi connectivity index (χ0) is 32.9. The number of carbonyl (C=O) groups excluding carboxylic acids is 1. The van der Waals surface area contributed by atoms with Crippen molar-refractivity contribution >= 4 is 11.8 Å². The number of carboxylic acids is 1. The molecule has 43 heavy (non-hydrogen) atoms. The molecule has 0 aromatic rings. The Morgan fingerprint density at radius 2 is 1.51 bits per heavy atom. The molecule has 0 spiro atoms. The number of carbonyl (C=O) groups is 2. The van der Waals surface area contributed by atoms with E-state index in [1.165, 1.54) is 0 Å². The van der Waals surface area contributed by atoms with Crippen molar-refractivity contribution in [3.63, 3.8) is 0 Å². The maximum atomic E-state index is 14.0. The second kappa shape index (κ2) is 12.9. The Balaban J connectivity index is 1.78. The van der Waals surface area contributed by atoms with Crippen LogP contribution in [0.5, 0.6) is 0 Å². The first-order valence-corrected chi connectivity index (χ1v) is 16.3. The number of ketones is 1. The first kappa shape index (κ1) is 36.3. The van der Waals surface area contributed by atoms with Crippen LogP contribution in [0.4, 0.5) is 0 Å². The van der Waals surface area contributed by atoms with Crippen LogP contribution in [0.1, 0.15) is 108 Å². The summed E-state index contributed by atoms with van der Waals surface area (Å²) < 4.78 is 19.0. The van der Waals surface area contributed by atoms with Crippen LogP contribution in [0.2, 0.25) is 0 Å². The molecular formula is C33H58O10. The number of aliphatic hydroxyl groups excluding tert-OH is 2. The van der Waals surface area contributed by atoms with Crippen molar-refractivity contribution < 1.29 is 49.3 Å². The number of carboxylic acid groups (broad SMARTS) is 1. The van der Waals surface area contributed by atoms with Crippen LogP contribution in [0.15, 0.2) is 0 Å². The molecule has 0 bridgehead atoms. The predicted molar refractivity (Wildman–Crippen MR) is 160 cm³/mol. The quantitative estimate of drug-likeness (QED) is 0.218. The van der Waals surface area contributed by atoms with Gasteiger partial charge in [0.05, 0.1) is 36.4 Å². The van der Waals surface area contributed by atoms with Crippen molar-refractivity contribution in [1.29, 1.82) is 0 Å². The van der Waals surface area contributed by atoms with Gasteiger partial charge in [-0.25, -0.2) is 0 Å². The number of hydrogen-bond donors (Lipinski definition) is 5. The zero-order valence-electron chi connectivity index (χ0n) is 27.9. The van der Waals surface area contributed by atoms with Crippen molar-refractivity contribution in [1.82, 2.24) is 0 Å². The highest BCUT2D eigenvalue weighted by molar-refractivity contribution is 5.84. The molecule has 10 nitrogen and oxygen atoms in total. The third-order valence-electron chi connectivity index (χ3n) is 11.5. The maximum Gasteiger partial charge on any atom is 0.308 e. The first-order valence-electron chi connectivity index (χ1n) is 16.3. The second-order valence-electron chi connectivity index (χ2n) is 14.7. The molecule has 0 unspecified atom stereocenters. The summed E-state index contributed by atoms with van der Waals surface area (Å²) in [6.07, 6.45) is -1.12. The third kappa shape index (κ3) is 6.44. The summed E-state index contributed by atoms with van der Waals surface area (Å²) >= 11 is 0. The van der Waals surface area contributed by atoms with E-state index in [1.807, 2.05) is 41.5 Å². The van der Waals surface area contributed by atoms with Gasteiger partial charge in [-0.15, -0.1) is 0 Å². The number of aliphatic carboxylic acids is 1. The monoisotopic (exact) mass is 614 g/mol. The molecule has 3 rings (SSSR count). The molecule has 3 fully saturated rings. The number of Topliss-reactive ketones (excluding diaryl/α,β-unsaturated/α-hetero) is 1. The minimum atomic E-state index is -1.85. The molecule has 250 valence electrons. The Labute approximate surface area is 257 Å². The Morgan fingerprint density at radius 1 is 0.907 bits per heavy atom. The summed E-state index contributed by atoms with van der Waals surface area (Å²) in [5.74, 6) is -7.57. The lowest BCUT2D eigenvalue weighted by Gasteiger charge is -2.47. The molecule has 15 atom stereocenters. The molecule has 3 aliphatic heterocycles. The topological polar surface area (TPSA) is 163 Å². The normalized spacial score (nSPS) is 45.3. The Hall–Kier alpha value is -1.14. The fourth-order valence-corrected chi connectivity index (χ4v) is 8.56. The average molecular weight is 615 g/mol. The molecule has 0 saturated carbocycles. The molecule has 3 heterocycles. The standard InChI is InChI=1S/C33H58O10/c1-11-24(29-18(4)14-30(10,41-29)33(40)20(6)15-31(12-2,43-33)23(9)34)27(38)21(7)26(37)22(8)28-17(3)13-19(5)32(39,42-28)16-25(35)36/h17-24,26,28-29,34,37,39-40H,11-16H2,1-10H3,(H,35,36)/t17-,18-,19+,20+,21-,22-,23+,24-,26+,28-,29-,30-,31+,32-,33+/m0/s1. The van der Waals surface area contributed by atoms with Crippen molar-refractivity contribution in [2.24, 2.45) is 41.4 Å².